The first kappa shape index (κ1) is 14.4. The maximum atomic E-state index is 12.3. The normalized spacial score (nSPS) is 10.6. The minimum Gasteiger partial charge on any atom is -0.298 e. The van der Waals surface area contributed by atoms with Gasteiger partial charge in [-0.3, -0.25) is 14.7 Å². The summed E-state index contributed by atoms with van der Waals surface area (Å²) in [5.74, 6) is 0.454. The van der Waals surface area contributed by atoms with E-state index < -0.39 is 0 Å². The fraction of sp³-hybridized carbons (Fsp3) is 0.200. The molecule has 7 heteroatoms. The molecule has 3 heterocycles. The average Bonchev–Trinajstić information content (AvgIpc) is 3.17. The summed E-state index contributed by atoms with van der Waals surface area (Å²) in [5.41, 5.74) is 1.55. The maximum Gasteiger partial charge on any atom is 0.257 e. The van der Waals surface area contributed by atoms with E-state index in [1.807, 2.05) is 13.8 Å². The Morgan fingerprint density at radius 1 is 1.41 bits per heavy atom. The number of rotatable bonds is 4. The third kappa shape index (κ3) is 2.89. The van der Waals surface area contributed by atoms with Crippen LogP contribution in [0.4, 0.5) is 5.13 Å². The highest BCUT2D eigenvalue weighted by atomic mass is 32.1. The molecule has 0 fully saturated rings. The van der Waals surface area contributed by atoms with Crippen LogP contribution in [-0.4, -0.2) is 25.4 Å². The zero-order valence-electron chi connectivity index (χ0n) is 12.3. The molecule has 3 rings (SSSR count). The largest absolute Gasteiger partial charge is 0.298 e. The molecule has 0 spiro atoms. The highest BCUT2D eigenvalue weighted by molar-refractivity contribution is 7.15. The lowest BCUT2D eigenvalue weighted by molar-refractivity contribution is 0.102. The number of nitrogens with one attached hydrogen (secondary N) is 1. The van der Waals surface area contributed by atoms with Gasteiger partial charge in [-0.1, -0.05) is 6.92 Å². The van der Waals surface area contributed by atoms with E-state index in [4.69, 9.17) is 0 Å². The number of hydrogen-bond acceptors (Lipinski definition) is 5. The van der Waals surface area contributed by atoms with E-state index in [9.17, 15) is 4.79 Å². The molecular weight excluding hydrogens is 298 g/mol. The van der Waals surface area contributed by atoms with Gasteiger partial charge in [-0.25, -0.2) is 15.0 Å². The van der Waals surface area contributed by atoms with Crippen molar-refractivity contribution in [3.63, 3.8) is 0 Å². The summed E-state index contributed by atoms with van der Waals surface area (Å²) in [4.78, 5) is 26.1. The van der Waals surface area contributed by atoms with E-state index in [0.29, 0.717) is 16.5 Å². The number of carbonyl (C=O) groups is 1. The summed E-state index contributed by atoms with van der Waals surface area (Å²) in [6.45, 7) is 4.06. The highest BCUT2D eigenvalue weighted by Gasteiger charge is 2.12. The van der Waals surface area contributed by atoms with Gasteiger partial charge in [0.15, 0.2) is 5.13 Å². The van der Waals surface area contributed by atoms with Crippen LogP contribution in [0.2, 0.25) is 0 Å². The van der Waals surface area contributed by atoms with E-state index in [1.165, 1.54) is 11.3 Å². The highest BCUT2D eigenvalue weighted by Crippen LogP contribution is 2.23. The Kier molecular flexibility index (Phi) is 3.97. The SMILES string of the molecule is CCc1nc(NC(=O)c2ccnc(-n3ccnc3)c2)sc1C. The van der Waals surface area contributed by atoms with E-state index in [-0.39, 0.29) is 5.91 Å². The zero-order valence-corrected chi connectivity index (χ0v) is 13.1. The number of thiazole rings is 1. The van der Waals surface area contributed by atoms with Gasteiger partial charge in [-0.15, -0.1) is 11.3 Å². The third-order valence-electron chi connectivity index (χ3n) is 3.22. The second kappa shape index (κ2) is 6.07. The van der Waals surface area contributed by atoms with Crippen molar-refractivity contribution in [1.29, 1.82) is 0 Å². The number of hydrogen-bond donors (Lipinski definition) is 1. The first-order valence-electron chi connectivity index (χ1n) is 6.89. The monoisotopic (exact) mass is 313 g/mol. The number of aryl methyl sites for hydroxylation is 2. The number of amides is 1. The number of pyridine rings is 1. The van der Waals surface area contributed by atoms with E-state index >= 15 is 0 Å². The van der Waals surface area contributed by atoms with Gasteiger partial charge in [-0.05, 0) is 25.5 Å². The zero-order chi connectivity index (χ0) is 15.5. The predicted molar refractivity (Wildman–Crippen MR) is 85.5 cm³/mol. The van der Waals surface area contributed by atoms with Crippen LogP contribution >= 0.6 is 11.3 Å². The number of imidazole rings is 1. The van der Waals surface area contributed by atoms with Gasteiger partial charge >= 0.3 is 0 Å². The topological polar surface area (TPSA) is 72.7 Å². The van der Waals surface area contributed by atoms with Gasteiger partial charge < -0.3 is 0 Å². The van der Waals surface area contributed by atoms with Crippen molar-refractivity contribution >= 4 is 22.4 Å². The van der Waals surface area contributed by atoms with Gasteiger partial charge in [0.05, 0.1) is 5.69 Å². The number of anilines is 1. The summed E-state index contributed by atoms with van der Waals surface area (Å²) < 4.78 is 1.75. The molecule has 0 radical (unpaired) electrons. The average molecular weight is 313 g/mol. The van der Waals surface area contributed by atoms with Crippen LogP contribution in [0.25, 0.3) is 5.82 Å². The van der Waals surface area contributed by atoms with Gasteiger partial charge in [0.1, 0.15) is 12.1 Å². The molecule has 0 bridgehead atoms. The second-order valence-corrected chi connectivity index (χ2v) is 5.91. The molecule has 112 valence electrons. The molecule has 1 amide bonds. The number of carbonyl (C=O) groups excluding carboxylic acids is 1. The number of nitrogens with zero attached hydrogens (tertiary/aromatic N) is 4. The molecule has 0 aliphatic carbocycles. The summed E-state index contributed by atoms with van der Waals surface area (Å²) in [5, 5.41) is 3.47. The molecule has 0 saturated carbocycles. The smallest absolute Gasteiger partial charge is 0.257 e. The first-order chi connectivity index (χ1) is 10.7. The predicted octanol–water partition coefficient (Wildman–Crippen LogP) is 2.85. The van der Waals surface area contributed by atoms with E-state index in [0.717, 1.165) is 17.0 Å². The Bertz CT molecular complexity index is 794. The van der Waals surface area contributed by atoms with Crippen LogP contribution < -0.4 is 5.32 Å². The van der Waals surface area contributed by atoms with Crippen molar-refractivity contribution in [3.8, 4) is 5.82 Å². The van der Waals surface area contributed by atoms with Crippen LogP contribution in [0.15, 0.2) is 37.1 Å². The lowest BCUT2D eigenvalue weighted by Gasteiger charge is -2.04. The Morgan fingerprint density at radius 2 is 2.27 bits per heavy atom. The Labute approximate surface area is 131 Å². The molecule has 0 saturated heterocycles. The van der Waals surface area contributed by atoms with Crippen molar-refractivity contribution in [1.82, 2.24) is 19.5 Å². The van der Waals surface area contributed by atoms with Crippen LogP contribution in [0.1, 0.15) is 27.9 Å². The number of aromatic nitrogens is 4. The van der Waals surface area contributed by atoms with Crippen molar-refractivity contribution < 1.29 is 4.79 Å². The molecular formula is C15H15N5OS. The molecule has 1 N–H and O–H groups in total. The Hall–Kier alpha value is -2.54. The molecule has 0 aliphatic rings. The Balaban J connectivity index is 1.81. The lowest BCUT2D eigenvalue weighted by atomic mass is 10.2. The minimum absolute atomic E-state index is 0.194. The molecule has 22 heavy (non-hydrogen) atoms. The maximum absolute atomic E-state index is 12.3. The molecule has 0 atom stereocenters. The van der Waals surface area contributed by atoms with Crippen molar-refractivity contribution in [3.05, 3.63) is 53.2 Å². The third-order valence-corrected chi connectivity index (χ3v) is 4.15. The minimum atomic E-state index is -0.194. The summed E-state index contributed by atoms with van der Waals surface area (Å²) in [6.07, 6.45) is 7.55. The van der Waals surface area contributed by atoms with Crippen LogP contribution in [0.5, 0.6) is 0 Å². The van der Waals surface area contributed by atoms with E-state index in [1.54, 1.807) is 41.6 Å². The van der Waals surface area contributed by atoms with Crippen molar-refractivity contribution in [2.24, 2.45) is 0 Å². The second-order valence-electron chi connectivity index (χ2n) is 4.70. The fourth-order valence-corrected chi connectivity index (χ4v) is 2.97. The molecule has 6 nitrogen and oxygen atoms in total. The lowest BCUT2D eigenvalue weighted by Crippen LogP contribution is -2.12. The van der Waals surface area contributed by atoms with Gasteiger partial charge in [0, 0.05) is 29.0 Å². The first-order valence-corrected chi connectivity index (χ1v) is 7.71. The standard InChI is InChI=1S/C15H15N5OS/c1-3-12-10(2)22-15(18-12)19-14(21)11-4-5-17-13(8-11)20-7-6-16-9-20/h4-9H,3H2,1-2H3,(H,18,19,21). The van der Waals surface area contributed by atoms with Crippen molar-refractivity contribution in [2.45, 2.75) is 20.3 Å². The van der Waals surface area contributed by atoms with Crippen LogP contribution in [0.3, 0.4) is 0 Å². The van der Waals surface area contributed by atoms with Crippen LogP contribution in [0, 0.1) is 6.92 Å². The van der Waals surface area contributed by atoms with Gasteiger partial charge in [0.2, 0.25) is 0 Å². The molecule has 3 aromatic rings. The van der Waals surface area contributed by atoms with Gasteiger partial charge in [0.25, 0.3) is 5.91 Å². The quantitative estimate of drug-likeness (QED) is 0.804. The summed E-state index contributed by atoms with van der Waals surface area (Å²) in [7, 11) is 0. The molecule has 0 aromatic carbocycles. The van der Waals surface area contributed by atoms with Gasteiger partial charge in [-0.2, -0.15) is 0 Å². The van der Waals surface area contributed by atoms with Crippen molar-refractivity contribution in [2.75, 3.05) is 5.32 Å². The Morgan fingerprint density at radius 3 is 2.95 bits per heavy atom. The summed E-state index contributed by atoms with van der Waals surface area (Å²) in [6, 6.07) is 3.40. The molecule has 0 unspecified atom stereocenters. The fourth-order valence-electron chi connectivity index (χ4n) is 2.07. The molecule has 0 aliphatic heterocycles. The summed E-state index contributed by atoms with van der Waals surface area (Å²) >= 11 is 1.49. The van der Waals surface area contributed by atoms with E-state index in [2.05, 4.69) is 20.3 Å². The molecule has 3 aromatic heterocycles. The van der Waals surface area contributed by atoms with Crippen LogP contribution in [-0.2, 0) is 6.42 Å².